The standard InChI is InChI=1S/C23H24N6O3/c1-15(2)32-17-6-7-19-18(11-17)22(27-29(19)21-5-3-4-10-31-21)23-24-9-8-20(26-23)28-12-16(13-30)25-14-28/h6-9,11-15,21H,3-5,10H2,1-2H3. The number of hydrogen-bond acceptors (Lipinski definition) is 7. The lowest BCUT2D eigenvalue weighted by Gasteiger charge is -2.23. The summed E-state index contributed by atoms with van der Waals surface area (Å²) >= 11 is 0. The molecule has 32 heavy (non-hydrogen) atoms. The van der Waals surface area contributed by atoms with Crippen LogP contribution in [0.2, 0.25) is 0 Å². The Balaban J connectivity index is 1.63. The van der Waals surface area contributed by atoms with Crippen LogP contribution in [0.4, 0.5) is 0 Å². The second-order valence-corrected chi connectivity index (χ2v) is 8.02. The number of carbonyl (C=O) groups excluding carboxylic acids is 1. The number of rotatable bonds is 6. The molecule has 0 amide bonds. The van der Waals surface area contributed by atoms with Crippen LogP contribution in [0, 0.1) is 0 Å². The molecule has 1 atom stereocenters. The third-order valence-corrected chi connectivity index (χ3v) is 5.32. The molecule has 0 bridgehead atoms. The van der Waals surface area contributed by atoms with Crippen molar-refractivity contribution < 1.29 is 14.3 Å². The fraction of sp³-hybridized carbons (Fsp3) is 0.348. The molecule has 0 N–H and O–H groups in total. The van der Waals surface area contributed by atoms with Crippen LogP contribution in [0.3, 0.4) is 0 Å². The molecule has 0 spiro atoms. The largest absolute Gasteiger partial charge is 0.491 e. The topological polar surface area (TPSA) is 97.0 Å². The van der Waals surface area contributed by atoms with Gasteiger partial charge in [0.2, 0.25) is 0 Å². The van der Waals surface area contributed by atoms with E-state index < -0.39 is 0 Å². The van der Waals surface area contributed by atoms with E-state index in [0.717, 1.165) is 42.5 Å². The predicted molar refractivity (Wildman–Crippen MR) is 118 cm³/mol. The molecule has 0 aliphatic carbocycles. The van der Waals surface area contributed by atoms with Gasteiger partial charge in [-0.1, -0.05) is 0 Å². The first-order chi connectivity index (χ1) is 15.6. The maximum Gasteiger partial charge on any atom is 0.182 e. The highest BCUT2D eigenvalue weighted by molar-refractivity contribution is 5.92. The Bertz CT molecular complexity index is 1260. The average molecular weight is 432 g/mol. The first-order valence-electron chi connectivity index (χ1n) is 10.8. The normalized spacial score (nSPS) is 16.5. The summed E-state index contributed by atoms with van der Waals surface area (Å²) in [5.74, 6) is 1.84. The number of fused-ring (bicyclic) bond motifs is 1. The lowest BCUT2D eigenvalue weighted by Crippen LogP contribution is -2.19. The minimum Gasteiger partial charge on any atom is -0.491 e. The Kier molecular flexibility index (Phi) is 5.40. The van der Waals surface area contributed by atoms with Crippen LogP contribution in [0.5, 0.6) is 5.75 Å². The van der Waals surface area contributed by atoms with E-state index in [0.29, 0.717) is 29.3 Å². The summed E-state index contributed by atoms with van der Waals surface area (Å²) < 4.78 is 15.5. The zero-order chi connectivity index (χ0) is 22.1. The fourth-order valence-electron chi connectivity index (χ4n) is 3.90. The van der Waals surface area contributed by atoms with E-state index in [1.165, 1.54) is 0 Å². The molecule has 3 aromatic heterocycles. The molecule has 4 aromatic rings. The van der Waals surface area contributed by atoms with Gasteiger partial charge in [0.05, 0.1) is 11.6 Å². The van der Waals surface area contributed by atoms with Crippen LogP contribution >= 0.6 is 0 Å². The molecule has 1 unspecified atom stereocenters. The van der Waals surface area contributed by atoms with Crippen LogP contribution in [-0.4, -0.2) is 48.3 Å². The summed E-state index contributed by atoms with van der Waals surface area (Å²) in [6.45, 7) is 4.72. The van der Waals surface area contributed by atoms with Gasteiger partial charge in [0.1, 0.15) is 29.3 Å². The minimum atomic E-state index is -0.121. The third kappa shape index (κ3) is 3.87. The quantitative estimate of drug-likeness (QED) is 0.425. The molecule has 164 valence electrons. The van der Waals surface area contributed by atoms with Crippen molar-refractivity contribution in [2.75, 3.05) is 6.61 Å². The molecule has 1 fully saturated rings. The average Bonchev–Trinajstić information content (AvgIpc) is 3.44. The molecular formula is C23H24N6O3. The predicted octanol–water partition coefficient (Wildman–Crippen LogP) is 3.98. The van der Waals surface area contributed by atoms with Gasteiger partial charge in [0, 0.05) is 24.4 Å². The lowest BCUT2D eigenvalue weighted by molar-refractivity contribution is -0.0365. The van der Waals surface area contributed by atoms with Gasteiger partial charge in [0.15, 0.2) is 18.3 Å². The molecule has 0 radical (unpaired) electrons. The Morgan fingerprint density at radius 1 is 1.22 bits per heavy atom. The van der Waals surface area contributed by atoms with Gasteiger partial charge in [-0.3, -0.25) is 9.36 Å². The molecule has 1 aromatic carbocycles. The van der Waals surface area contributed by atoms with Crippen molar-refractivity contribution in [2.45, 2.75) is 45.4 Å². The Labute approximate surface area is 185 Å². The maximum atomic E-state index is 11.0. The van der Waals surface area contributed by atoms with Crippen molar-refractivity contribution in [3.05, 3.63) is 48.7 Å². The molecular weight excluding hydrogens is 408 g/mol. The van der Waals surface area contributed by atoms with Gasteiger partial charge in [-0.2, -0.15) is 5.10 Å². The van der Waals surface area contributed by atoms with E-state index in [-0.39, 0.29) is 12.3 Å². The van der Waals surface area contributed by atoms with Crippen LogP contribution in [0.15, 0.2) is 43.0 Å². The molecule has 9 heteroatoms. The zero-order valence-electron chi connectivity index (χ0n) is 18.0. The summed E-state index contributed by atoms with van der Waals surface area (Å²) in [5, 5.41) is 5.79. The van der Waals surface area contributed by atoms with Crippen molar-refractivity contribution >= 4 is 17.2 Å². The van der Waals surface area contributed by atoms with Gasteiger partial charge >= 0.3 is 0 Å². The first kappa shape index (κ1) is 20.3. The summed E-state index contributed by atoms with van der Waals surface area (Å²) in [7, 11) is 0. The van der Waals surface area contributed by atoms with Gasteiger partial charge < -0.3 is 9.47 Å². The van der Waals surface area contributed by atoms with E-state index in [9.17, 15) is 4.79 Å². The number of aldehydes is 1. The van der Waals surface area contributed by atoms with E-state index in [4.69, 9.17) is 19.6 Å². The summed E-state index contributed by atoms with van der Waals surface area (Å²) in [5.41, 5.74) is 1.94. The molecule has 1 saturated heterocycles. The third-order valence-electron chi connectivity index (χ3n) is 5.32. The molecule has 9 nitrogen and oxygen atoms in total. The zero-order valence-corrected chi connectivity index (χ0v) is 18.0. The molecule has 0 saturated carbocycles. The molecule has 5 rings (SSSR count). The second kappa shape index (κ2) is 8.51. The Hall–Kier alpha value is -3.59. The van der Waals surface area contributed by atoms with Crippen LogP contribution in [0.1, 0.15) is 49.8 Å². The number of carbonyl (C=O) groups is 1. The van der Waals surface area contributed by atoms with E-state index in [1.807, 2.05) is 36.7 Å². The van der Waals surface area contributed by atoms with Gasteiger partial charge in [-0.05, 0) is 57.4 Å². The second-order valence-electron chi connectivity index (χ2n) is 8.02. The number of ether oxygens (including phenoxy) is 2. The van der Waals surface area contributed by atoms with Crippen molar-refractivity contribution in [3.8, 4) is 23.1 Å². The minimum absolute atomic E-state index is 0.0560. The summed E-state index contributed by atoms with van der Waals surface area (Å²) in [6, 6.07) is 7.71. The number of benzene rings is 1. The van der Waals surface area contributed by atoms with Crippen molar-refractivity contribution in [1.82, 2.24) is 29.3 Å². The van der Waals surface area contributed by atoms with Crippen molar-refractivity contribution in [1.29, 1.82) is 0 Å². The van der Waals surface area contributed by atoms with Gasteiger partial charge in [0.25, 0.3) is 0 Å². The van der Waals surface area contributed by atoms with Crippen molar-refractivity contribution in [3.63, 3.8) is 0 Å². The van der Waals surface area contributed by atoms with Crippen LogP contribution < -0.4 is 4.74 Å². The number of imidazole rings is 1. The summed E-state index contributed by atoms with van der Waals surface area (Å²) in [6.07, 6.45) is 8.56. The first-order valence-corrected chi connectivity index (χ1v) is 10.8. The highest BCUT2D eigenvalue weighted by Gasteiger charge is 2.23. The Morgan fingerprint density at radius 2 is 2.12 bits per heavy atom. The molecule has 1 aliphatic rings. The highest BCUT2D eigenvalue weighted by atomic mass is 16.5. The van der Waals surface area contributed by atoms with Gasteiger partial charge in [-0.25, -0.2) is 19.6 Å². The van der Waals surface area contributed by atoms with Gasteiger partial charge in [-0.15, -0.1) is 0 Å². The summed E-state index contributed by atoms with van der Waals surface area (Å²) in [4.78, 5) is 24.2. The van der Waals surface area contributed by atoms with Crippen LogP contribution in [-0.2, 0) is 4.74 Å². The highest BCUT2D eigenvalue weighted by Crippen LogP contribution is 2.34. The monoisotopic (exact) mass is 432 g/mol. The van der Waals surface area contributed by atoms with Crippen LogP contribution in [0.25, 0.3) is 28.2 Å². The maximum absolute atomic E-state index is 11.0. The smallest absolute Gasteiger partial charge is 0.182 e. The number of hydrogen-bond donors (Lipinski definition) is 0. The van der Waals surface area contributed by atoms with E-state index in [2.05, 4.69) is 9.97 Å². The Morgan fingerprint density at radius 3 is 2.88 bits per heavy atom. The molecule has 4 heterocycles. The fourth-order valence-corrected chi connectivity index (χ4v) is 3.90. The number of aromatic nitrogens is 6. The lowest BCUT2D eigenvalue weighted by atomic mass is 10.1. The van der Waals surface area contributed by atoms with Crippen molar-refractivity contribution in [2.24, 2.45) is 0 Å². The SMILES string of the molecule is CC(C)Oc1ccc2c(c1)c(-c1nccc(-n3cnc(C=O)c3)n1)nn2C1CCCCO1. The van der Waals surface area contributed by atoms with E-state index >= 15 is 0 Å². The number of nitrogens with zero attached hydrogens (tertiary/aromatic N) is 6. The van der Waals surface area contributed by atoms with E-state index in [1.54, 1.807) is 29.4 Å². The molecule has 1 aliphatic heterocycles.